The lowest BCUT2D eigenvalue weighted by molar-refractivity contribution is 0.176. The molecule has 3 atom stereocenters. The molecular formula is C15H21N3O. The number of aromatic amines is 1. The number of imidazole rings is 1. The van der Waals surface area contributed by atoms with Crippen molar-refractivity contribution in [2.75, 3.05) is 13.2 Å². The van der Waals surface area contributed by atoms with Crippen molar-refractivity contribution >= 4 is 11.0 Å². The quantitative estimate of drug-likeness (QED) is 0.887. The Morgan fingerprint density at radius 3 is 2.95 bits per heavy atom. The fourth-order valence-electron chi connectivity index (χ4n) is 2.73. The zero-order chi connectivity index (χ0) is 13.2. The molecule has 1 aliphatic heterocycles. The Balaban J connectivity index is 1.70. The molecule has 1 saturated heterocycles. The lowest BCUT2D eigenvalue weighted by Crippen LogP contribution is -2.36. The van der Waals surface area contributed by atoms with Gasteiger partial charge in [0.25, 0.3) is 0 Å². The average molecular weight is 259 g/mol. The summed E-state index contributed by atoms with van der Waals surface area (Å²) in [6.45, 7) is 6.17. The normalized spacial score (nSPS) is 22.7. The predicted molar refractivity (Wildman–Crippen MR) is 76.0 cm³/mol. The average Bonchev–Trinajstić information content (AvgIpc) is 3.07. The van der Waals surface area contributed by atoms with Crippen molar-refractivity contribution < 1.29 is 4.74 Å². The summed E-state index contributed by atoms with van der Waals surface area (Å²) in [6, 6.07) is 8.82. The van der Waals surface area contributed by atoms with Gasteiger partial charge in [0.1, 0.15) is 5.82 Å². The molecule has 2 N–H and O–H groups in total. The monoisotopic (exact) mass is 259 g/mol. The molecule has 4 heteroatoms. The van der Waals surface area contributed by atoms with E-state index < -0.39 is 0 Å². The number of ether oxygens (including phenoxy) is 1. The SMILES string of the molecule is CC(NC(C)C1CCOC1)c1nc2ccccc2[nH]1. The van der Waals surface area contributed by atoms with E-state index in [2.05, 4.69) is 35.2 Å². The predicted octanol–water partition coefficient (Wildman–Crippen LogP) is 2.64. The molecule has 0 saturated carbocycles. The van der Waals surface area contributed by atoms with Gasteiger partial charge in [-0.05, 0) is 38.3 Å². The molecule has 102 valence electrons. The van der Waals surface area contributed by atoms with Gasteiger partial charge in [-0.1, -0.05) is 12.1 Å². The van der Waals surface area contributed by atoms with Gasteiger partial charge >= 0.3 is 0 Å². The molecule has 3 rings (SSSR count). The highest BCUT2D eigenvalue weighted by Crippen LogP contribution is 2.20. The molecule has 0 radical (unpaired) electrons. The highest BCUT2D eigenvalue weighted by atomic mass is 16.5. The van der Waals surface area contributed by atoms with Gasteiger partial charge in [0, 0.05) is 12.6 Å². The van der Waals surface area contributed by atoms with Crippen molar-refractivity contribution in [3.8, 4) is 0 Å². The number of H-pyrrole nitrogens is 1. The van der Waals surface area contributed by atoms with Gasteiger partial charge < -0.3 is 15.0 Å². The van der Waals surface area contributed by atoms with Gasteiger partial charge in [0.05, 0.1) is 23.7 Å². The van der Waals surface area contributed by atoms with E-state index >= 15 is 0 Å². The Hall–Kier alpha value is -1.39. The van der Waals surface area contributed by atoms with E-state index in [0.29, 0.717) is 12.0 Å². The number of hydrogen-bond acceptors (Lipinski definition) is 3. The molecule has 4 nitrogen and oxygen atoms in total. The molecule has 0 spiro atoms. The van der Waals surface area contributed by atoms with Gasteiger partial charge in [-0.2, -0.15) is 0 Å². The maximum atomic E-state index is 5.45. The van der Waals surface area contributed by atoms with Gasteiger partial charge in [-0.25, -0.2) is 4.98 Å². The number of benzene rings is 1. The number of para-hydroxylation sites is 2. The third kappa shape index (κ3) is 2.65. The van der Waals surface area contributed by atoms with Crippen molar-refractivity contribution in [1.82, 2.24) is 15.3 Å². The van der Waals surface area contributed by atoms with Crippen molar-refractivity contribution in [2.24, 2.45) is 5.92 Å². The van der Waals surface area contributed by atoms with Gasteiger partial charge in [0.15, 0.2) is 0 Å². The summed E-state index contributed by atoms with van der Waals surface area (Å²) in [5.41, 5.74) is 2.13. The lowest BCUT2D eigenvalue weighted by atomic mass is 10.00. The first-order valence-corrected chi connectivity index (χ1v) is 7.02. The number of hydrogen-bond donors (Lipinski definition) is 2. The number of nitrogens with one attached hydrogen (secondary N) is 2. The molecule has 1 aromatic heterocycles. The minimum Gasteiger partial charge on any atom is -0.381 e. The minimum absolute atomic E-state index is 0.225. The van der Waals surface area contributed by atoms with Gasteiger partial charge in [-0.15, -0.1) is 0 Å². The van der Waals surface area contributed by atoms with Crippen LogP contribution in [0.1, 0.15) is 32.1 Å². The van der Waals surface area contributed by atoms with Crippen LogP contribution >= 0.6 is 0 Å². The number of fused-ring (bicyclic) bond motifs is 1. The van der Waals surface area contributed by atoms with Crippen LogP contribution in [-0.4, -0.2) is 29.2 Å². The van der Waals surface area contributed by atoms with Crippen LogP contribution in [0, 0.1) is 5.92 Å². The molecule has 2 aromatic rings. The van der Waals surface area contributed by atoms with Crippen LogP contribution in [0.4, 0.5) is 0 Å². The first kappa shape index (κ1) is 12.6. The Labute approximate surface area is 113 Å². The number of rotatable bonds is 4. The minimum atomic E-state index is 0.225. The topological polar surface area (TPSA) is 49.9 Å². The first-order chi connectivity index (χ1) is 9.24. The van der Waals surface area contributed by atoms with Gasteiger partial charge in [-0.3, -0.25) is 0 Å². The van der Waals surface area contributed by atoms with E-state index in [1.807, 2.05) is 18.2 Å². The summed E-state index contributed by atoms with van der Waals surface area (Å²) < 4.78 is 5.45. The Bertz CT molecular complexity index is 512. The van der Waals surface area contributed by atoms with Crippen molar-refractivity contribution in [1.29, 1.82) is 0 Å². The maximum absolute atomic E-state index is 5.45. The van der Waals surface area contributed by atoms with E-state index in [1.54, 1.807) is 0 Å². The third-order valence-electron chi connectivity index (χ3n) is 4.00. The molecule has 0 bridgehead atoms. The maximum Gasteiger partial charge on any atom is 0.124 e. The summed E-state index contributed by atoms with van der Waals surface area (Å²) >= 11 is 0. The highest BCUT2D eigenvalue weighted by Gasteiger charge is 2.24. The van der Waals surface area contributed by atoms with Crippen molar-refractivity contribution in [3.05, 3.63) is 30.1 Å². The fourth-order valence-corrected chi connectivity index (χ4v) is 2.73. The van der Waals surface area contributed by atoms with Crippen molar-refractivity contribution in [3.63, 3.8) is 0 Å². The summed E-state index contributed by atoms with van der Waals surface area (Å²) in [7, 11) is 0. The van der Waals surface area contributed by atoms with Crippen LogP contribution in [0.25, 0.3) is 11.0 Å². The van der Waals surface area contributed by atoms with E-state index in [4.69, 9.17) is 4.74 Å². The standard InChI is InChI=1S/C15H21N3O/c1-10(12-7-8-19-9-12)16-11(2)15-17-13-5-3-4-6-14(13)18-15/h3-6,10-12,16H,7-9H2,1-2H3,(H,17,18). The van der Waals surface area contributed by atoms with Crippen molar-refractivity contribution in [2.45, 2.75) is 32.4 Å². The second-order valence-electron chi connectivity index (χ2n) is 5.44. The summed E-state index contributed by atoms with van der Waals surface area (Å²) in [5, 5.41) is 3.63. The van der Waals surface area contributed by atoms with E-state index in [-0.39, 0.29) is 6.04 Å². The largest absolute Gasteiger partial charge is 0.381 e. The van der Waals surface area contributed by atoms with Gasteiger partial charge in [0.2, 0.25) is 0 Å². The lowest BCUT2D eigenvalue weighted by Gasteiger charge is -2.22. The molecule has 3 unspecified atom stereocenters. The molecular weight excluding hydrogens is 238 g/mol. The Morgan fingerprint density at radius 1 is 1.37 bits per heavy atom. The van der Waals surface area contributed by atoms with Crippen LogP contribution in [0.3, 0.4) is 0 Å². The molecule has 2 heterocycles. The molecule has 1 aromatic carbocycles. The number of aromatic nitrogens is 2. The molecule has 19 heavy (non-hydrogen) atoms. The summed E-state index contributed by atoms with van der Waals surface area (Å²) in [6.07, 6.45) is 1.15. The molecule has 0 amide bonds. The Kier molecular flexibility index (Phi) is 3.53. The number of nitrogens with zero attached hydrogens (tertiary/aromatic N) is 1. The zero-order valence-corrected chi connectivity index (χ0v) is 11.5. The second kappa shape index (κ2) is 5.31. The molecule has 1 aliphatic rings. The van der Waals surface area contributed by atoms with Crippen LogP contribution in [0.5, 0.6) is 0 Å². The first-order valence-electron chi connectivity index (χ1n) is 7.02. The van der Waals surface area contributed by atoms with Crippen LogP contribution in [0.2, 0.25) is 0 Å². The zero-order valence-electron chi connectivity index (χ0n) is 11.5. The summed E-state index contributed by atoms with van der Waals surface area (Å²) in [5.74, 6) is 1.62. The fraction of sp³-hybridized carbons (Fsp3) is 0.533. The van der Waals surface area contributed by atoms with E-state index in [0.717, 1.165) is 36.5 Å². The van der Waals surface area contributed by atoms with Crippen LogP contribution in [0.15, 0.2) is 24.3 Å². The van der Waals surface area contributed by atoms with E-state index in [1.165, 1.54) is 0 Å². The third-order valence-corrected chi connectivity index (χ3v) is 4.00. The molecule has 1 fully saturated rings. The Morgan fingerprint density at radius 2 is 2.21 bits per heavy atom. The smallest absolute Gasteiger partial charge is 0.124 e. The summed E-state index contributed by atoms with van der Waals surface area (Å²) in [4.78, 5) is 8.03. The second-order valence-corrected chi connectivity index (χ2v) is 5.44. The van der Waals surface area contributed by atoms with Crippen LogP contribution < -0.4 is 5.32 Å². The molecule has 0 aliphatic carbocycles. The highest BCUT2D eigenvalue weighted by molar-refractivity contribution is 5.74. The van der Waals surface area contributed by atoms with Crippen LogP contribution in [-0.2, 0) is 4.74 Å². The van der Waals surface area contributed by atoms with E-state index in [9.17, 15) is 0 Å².